The molecule has 0 atom stereocenters. The molecule has 0 heterocycles. The Balaban J connectivity index is 0. The Morgan fingerprint density at radius 3 is 1.31 bits per heavy atom. The predicted molar refractivity (Wildman–Crippen MR) is 143 cm³/mol. The van der Waals surface area contributed by atoms with Crippen molar-refractivity contribution in [2.24, 2.45) is 5.73 Å². The van der Waals surface area contributed by atoms with E-state index in [1.54, 1.807) is 0 Å². The predicted octanol–water partition coefficient (Wildman–Crippen LogP) is 7.25. The van der Waals surface area contributed by atoms with Crippen molar-refractivity contribution in [1.29, 1.82) is 0 Å². The molecule has 166 valence electrons. The lowest BCUT2D eigenvalue weighted by molar-refractivity contribution is 0.907. The molecule has 0 fully saturated rings. The van der Waals surface area contributed by atoms with E-state index >= 15 is 0 Å². The molecule has 2 aromatic rings. The molecule has 29 heavy (non-hydrogen) atoms. The summed E-state index contributed by atoms with van der Waals surface area (Å²) in [7, 11) is -0.669. The van der Waals surface area contributed by atoms with Crippen molar-refractivity contribution < 1.29 is 0 Å². The molecule has 0 amide bonds. The average molecular weight is 432 g/mol. The smallest absolute Gasteiger partial charge is 0.0305 e. The molecule has 0 aliphatic heterocycles. The lowest BCUT2D eigenvalue weighted by Gasteiger charge is -2.04. The molecule has 0 aromatic heterocycles. The Morgan fingerprint density at radius 2 is 0.966 bits per heavy atom. The third-order valence-corrected chi connectivity index (χ3v) is 8.00. The maximum absolute atomic E-state index is 5.55. The minimum atomic E-state index is -0.348. The summed E-state index contributed by atoms with van der Waals surface area (Å²) in [5.74, 6) is 0. The average Bonchev–Trinajstić information content (AvgIpc) is 2.64. The molecular formula is C26H49NSi2. The first-order chi connectivity index (χ1) is 12.9. The Bertz CT molecular complexity index is 604. The van der Waals surface area contributed by atoms with E-state index in [0.717, 1.165) is 0 Å². The highest BCUT2D eigenvalue weighted by atomic mass is 28.3. The van der Waals surface area contributed by atoms with E-state index in [0.29, 0.717) is 6.54 Å². The van der Waals surface area contributed by atoms with Crippen molar-refractivity contribution in [2.75, 3.05) is 0 Å². The topological polar surface area (TPSA) is 26.0 Å². The normalized spacial score (nSPS) is 10.1. The first kappa shape index (κ1) is 30.0. The maximum Gasteiger partial charge on any atom is 0.0305 e. The maximum atomic E-state index is 5.55. The van der Waals surface area contributed by atoms with Gasteiger partial charge in [0.2, 0.25) is 0 Å². The molecular weight excluding hydrogens is 382 g/mol. The van der Waals surface area contributed by atoms with Gasteiger partial charge in [-0.1, -0.05) is 120 Å². The van der Waals surface area contributed by atoms with Crippen LogP contribution in [0.25, 0.3) is 0 Å². The second kappa shape index (κ2) is 17.7. The SMILES string of the molecule is C.C.C[SiH](C)CCCc1ccc(CN)cc1.Cc1ccc(CCC[SiH](C)C)cc1. The summed E-state index contributed by atoms with van der Waals surface area (Å²) in [5.41, 5.74) is 11.1. The summed E-state index contributed by atoms with van der Waals surface area (Å²) < 4.78 is 0. The lowest BCUT2D eigenvalue weighted by atomic mass is 10.1. The van der Waals surface area contributed by atoms with Crippen LogP contribution in [0, 0.1) is 6.92 Å². The van der Waals surface area contributed by atoms with Crippen LogP contribution in [-0.2, 0) is 19.4 Å². The van der Waals surface area contributed by atoms with E-state index in [-0.39, 0.29) is 32.4 Å². The van der Waals surface area contributed by atoms with Gasteiger partial charge in [0.25, 0.3) is 0 Å². The molecule has 0 radical (unpaired) electrons. The molecule has 0 aliphatic carbocycles. The Kier molecular flexibility index (Phi) is 18.3. The Labute approximate surface area is 186 Å². The van der Waals surface area contributed by atoms with Gasteiger partial charge in [-0.3, -0.25) is 0 Å². The Morgan fingerprint density at radius 1 is 0.621 bits per heavy atom. The second-order valence-corrected chi connectivity index (χ2v) is 15.3. The quantitative estimate of drug-likeness (QED) is 0.416. The van der Waals surface area contributed by atoms with Gasteiger partial charge in [-0.15, -0.1) is 0 Å². The molecule has 2 N–H and O–H groups in total. The summed E-state index contributed by atoms with van der Waals surface area (Å²) in [6.45, 7) is 12.5. The van der Waals surface area contributed by atoms with Crippen LogP contribution in [0.5, 0.6) is 0 Å². The van der Waals surface area contributed by atoms with E-state index < -0.39 is 0 Å². The molecule has 0 spiro atoms. The van der Waals surface area contributed by atoms with Gasteiger partial charge in [-0.05, 0) is 36.5 Å². The molecule has 2 rings (SSSR count). The first-order valence-corrected chi connectivity index (χ1v) is 17.0. The van der Waals surface area contributed by atoms with Crippen LogP contribution in [-0.4, -0.2) is 17.6 Å². The number of rotatable bonds is 9. The van der Waals surface area contributed by atoms with E-state index in [9.17, 15) is 0 Å². The van der Waals surface area contributed by atoms with Crippen molar-refractivity contribution >= 4 is 17.6 Å². The fraction of sp³-hybridized carbons (Fsp3) is 0.538. The third-order valence-electron chi connectivity index (χ3n) is 4.87. The van der Waals surface area contributed by atoms with Crippen molar-refractivity contribution in [3.05, 3.63) is 70.8 Å². The van der Waals surface area contributed by atoms with E-state index in [1.165, 1.54) is 60.0 Å². The first-order valence-electron chi connectivity index (χ1n) is 10.7. The highest BCUT2D eigenvalue weighted by Gasteiger charge is 1.98. The molecule has 1 nitrogen and oxygen atoms in total. The third kappa shape index (κ3) is 15.4. The Hall–Kier alpha value is -1.17. The van der Waals surface area contributed by atoms with Gasteiger partial charge in [-0.25, -0.2) is 0 Å². The number of nitrogens with two attached hydrogens (primary N) is 1. The molecule has 0 unspecified atom stereocenters. The van der Waals surface area contributed by atoms with Gasteiger partial charge < -0.3 is 5.73 Å². The molecule has 0 saturated heterocycles. The number of aryl methyl sites for hydroxylation is 3. The van der Waals surface area contributed by atoms with Crippen LogP contribution in [0.1, 0.15) is 49.9 Å². The summed E-state index contributed by atoms with van der Waals surface area (Å²) in [5, 5.41) is 0. The van der Waals surface area contributed by atoms with Gasteiger partial charge in [-0.2, -0.15) is 0 Å². The van der Waals surface area contributed by atoms with Crippen LogP contribution in [0.3, 0.4) is 0 Å². The lowest BCUT2D eigenvalue weighted by Crippen LogP contribution is -2.00. The van der Waals surface area contributed by atoms with Gasteiger partial charge in [0.1, 0.15) is 0 Å². The molecule has 0 bridgehead atoms. The van der Waals surface area contributed by atoms with Gasteiger partial charge in [0.15, 0.2) is 0 Å². The van der Waals surface area contributed by atoms with Crippen molar-refractivity contribution in [2.45, 2.75) is 92.3 Å². The zero-order valence-electron chi connectivity index (χ0n) is 18.3. The molecule has 0 aliphatic rings. The van der Waals surface area contributed by atoms with Crippen molar-refractivity contribution in [3.8, 4) is 0 Å². The van der Waals surface area contributed by atoms with Gasteiger partial charge in [0, 0.05) is 24.1 Å². The fourth-order valence-corrected chi connectivity index (χ4v) is 5.07. The van der Waals surface area contributed by atoms with E-state index in [2.05, 4.69) is 81.6 Å². The monoisotopic (exact) mass is 431 g/mol. The summed E-state index contributed by atoms with van der Waals surface area (Å²) in [4.78, 5) is 0. The van der Waals surface area contributed by atoms with Gasteiger partial charge in [0.05, 0.1) is 0 Å². The number of hydrogen-bond donors (Lipinski definition) is 1. The highest BCUT2D eigenvalue weighted by molar-refractivity contribution is 6.55. The van der Waals surface area contributed by atoms with Crippen LogP contribution >= 0.6 is 0 Å². The largest absolute Gasteiger partial charge is 0.326 e. The van der Waals surface area contributed by atoms with Crippen LogP contribution in [0.2, 0.25) is 38.3 Å². The fourth-order valence-electron chi connectivity index (χ4n) is 3.03. The molecule has 2 aromatic carbocycles. The van der Waals surface area contributed by atoms with Crippen LogP contribution < -0.4 is 5.73 Å². The highest BCUT2D eigenvalue weighted by Crippen LogP contribution is 2.09. The van der Waals surface area contributed by atoms with E-state index in [1.807, 2.05) is 0 Å². The van der Waals surface area contributed by atoms with E-state index in [4.69, 9.17) is 5.73 Å². The van der Waals surface area contributed by atoms with Gasteiger partial charge >= 0.3 is 0 Å². The summed E-state index contributed by atoms with van der Waals surface area (Å²) >= 11 is 0. The molecule has 0 saturated carbocycles. The van der Waals surface area contributed by atoms with Crippen LogP contribution in [0.15, 0.2) is 48.5 Å². The standard InChI is InChI=1S/C12H21NSi.C12H20Si.2CH4/c1-14(2)9-3-4-11-5-7-12(10-13)8-6-11;1-11-6-8-12(9-7-11)5-4-10-13(2)3;;/h5-8,14H,3-4,9-10,13H2,1-2H3;6-9,13H,4-5,10H2,1-3H3;2*1H4. The van der Waals surface area contributed by atoms with Crippen molar-refractivity contribution in [3.63, 3.8) is 0 Å². The zero-order chi connectivity index (χ0) is 20.1. The molecule has 3 heteroatoms. The summed E-state index contributed by atoms with van der Waals surface area (Å²) in [6, 6.07) is 20.6. The van der Waals surface area contributed by atoms with Crippen LogP contribution in [0.4, 0.5) is 0 Å². The summed E-state index contributed by atoms with van der Waals surface area (Å²) in [6.07, 6.45) is 5.24. The second-order valence-electron chi connectivity index (χ2n) is 8.58. The minimum absolute atomic E-state index is 0. The zero-order valence-corrected chi connectivity index (χ0v) is 20.6. The number of benzene rings is 2. The number of hydrogen-bond acceptors (Lipinski definition) is 1. The minimum Gasteiger partial charge on any atom is -0.326 e. The van der Waals surface area contributed by atoms with Crippen molar-refractivity contribution in [1.82, 2.24) is 0 Å².